The number of ether oxygens (including phenoxy) is 2. The summed E-state index contributed by atoms with van der Waals surface area (Å²) in [7, 11) is 0. The molecule has 3 nitrogen and oxygen atoms in total. The Balaban J connectivity index is 1.83. The second-order valence-corrected chi connectivity index (χ2v) is 4.95. The van der Waals surface area contributed by atoms with E-state index in [0.717, 1.165) is 19.3 Å². The fourth-order valence-corrected chi connectivity index (χ4v) is 2.09. The number of para-hydroxylation sites is 1. The van der Waals surface area contributed by atoms with Crippen molar-refractivity contribution in [2.24, 2.45) is 0 Å². The van der Waals surface area contributed by atoms with Crippen molar-refractivity contribution in [1.82, 2.24) is 0 Å². The van der Waals surface area contributed by atoms with Gasteiger partial charge in [-0.05, 0) is 37.0 Å². The second kappa shape index (κ2) is 8.20. The maximum absolute atomic E-state index is 6.07. The number of nitrogen functional groups attached to an aromatic ring is 1. The largest absolute Gasteiger partial charge is 0.491 e. The van der Waals surface area contributed by atoms with Crippen molar-refractivity contribution in [3.63, 3.8) is 0 Å². The Morgan fingerprint density at radius 1 is 0.857 bits per heavy atom. The number of hydrogen-bond donors (Lipinski definition) is 1. The molecule has 0 radical (unpaired) electrons. The van der Waals surface area contributed by atoms with E-state index in [1.165, 1.54) is 5.56 Å². The van der Waals surface area contributed by atoms with Gasteiger partial charge in [0.2, 0.25) is 0 Å². The Morgan fingerprint density at radius 2 is 1.52 bits per heavy atom. The summed E-state index contributed by atoms with van der Waals surface area (Å²) in [6.07, 6.45) is 2.93. The smallest absolute Gasteiger partial charge is 0.146 e. The van der Waals surface area contributed by atoms with Gasteiger partial charge >= 0.3 is 0 Å². The molecule has 0 amide bonds. The summed E-state index contributed by atoms with van der Waals surface area (Å²) >= 11 is 0. The predicted octanol–water partition coefficient (Wildman–Crippen LogP) is 4.07. The quantitative estimate of drug-likeness (QED) is 0.587. The standard InChI is InChI=1S/C18H23NO2/c1-2-13-20-16-11-6-12-17(18(16)19)21-14-7-10-15-8-4-3-5-9-15/h3-6,8-9,11-12H,2,7,10,13-14,19H2,1H3. The minimum atomic E-state index is 0.589. The minimum Gasteiger partial charge on any atom is -0.491 e. The summed E-state index contributed by atoms with van der Waals surface area (Å²) in [5, 5.41) is 0. The maximum atomic E-state index is 6.07. The van der Waals surface area contributed by atoms with Gasteiger partial charge in [0.25, 0.3) is 0 Å². The number of nitrogens with two attached hydrogens (primary N) is 1. The Kier molecular flexibility index (Phi) is 5.95. The molecule has 0 saturated heterocycles. The van der Waals surface area contributed by atoms with Crippen molar-refractivity contribution in [3.8, 4) is 11.5 Å². The molecule has 0 aliphatic rings. The van der Waals surface area contributed by atoms with Crippen LogP contribution in [-0.4, -0.2) is 13.2 Å². The van der Waals surface area contributed by atoms with Crippen LogP contribution in [0.2, 0.25) is 0 Å². The first-order valence-electron chi connectivity index (χ1n) is 7.49. The third-order valence-corrected chi connectivity index (χ3v) is 3.20. The van der Waals surface area contributed by atoms with Crippen LogP contribution in [0.5, 0.6) is 11.5 Å². The van der Waals surface area contributed by atoms with Crippen LogP contribution in [0, 0.1) is 0 Å². The molecule has 112 valence electrons. The van der Waals surface area contributed by atoms with Crippen LogP contribution >= 0.6 is 0 Å². The van der Waals surface area contributed by atoms with E-state index in [4.69, 9.17) is 15.2 Å². The lowest BCUT2D eigenvalue weighted by atomic mass is 10.1. The number of rotatable bonds is 8. The Morgan fingerprint density at radius 3 is 2.19 bits per heavy atom. The average molecular weight is 285 g/mol. The lowest BCUT2D eigenvalue weighted by Crippen LogP contribution is -2.04. The van der Waals surface area contributed by atoms with Crippen LogP contribution in [0.4, 0.5) is 5.69 Å². The molecule has 0 spiro atoms. The summed E-state index contributed by atoms with van der Waals surface area (Å²) in [4.78, 5) is 0. The van der Waals surface area contributed by atoms with E-state index in [0.29, 0.717) is 30.4 Å². The Hall–Kier alpha value is -2.16. The van der Waals surface area contributed by atoms with Gasteiger partial charge in [0.05, 0.1) is 13.2 Å². The number of benzene rings is 2. The Bertz CT molecular complexity index is 540. The normalized spacial score (nSPS) is 10.3. The van der Waals surface area contributed by atoms with E-state index >= 15 is 0 Å². The van der Waals surface area contributed by atoms with E-state index in [1.54, 1.807) is 0 Å². The lowest BCUT2D eigenvalue weighted by molar-refractivity contribution is 0.301. The molecule has 21 heavy (non-hydrogen) atoms. The van der Waals surface area contributed by atoms with Gasteiger partial charge in [0, 0.05) is 0 Å². The van der Waals surface area contributed by atoms with Gasteiger partial charge in [-0.3, -0.25) is 0 Å². The van der Waals surface area contributed by atoms with Crippen LogP contribution in [0.15, 0.2) is 48.5 Å². The van der Waals surface area contributed by atoms with E-state index in [1.807, 2.05) is 24.3 Å². The van der Waals surface area contributed by atoms with Crippen molar-refractivity contribution in [2.45, 2.75) is 26.2 Å². The molecular weight excluding hydrogens is 262 g/mol. The number of aryl methyl sites for hydroxylation is 1. The molecule has 0 bridgehead atoms. The molecule has 0 atom stereocenters. The van der Waals surface area contributed by atoms with Crippen molar-refractivity contribution < 1.29 is 9.47 Å². The van der Waals surface area contributed by atoms with Crippen molar-refractivity contribution >= 4 is 5.69 Å². The van der Waals surface area contributed by atoms with Gasteiger partial charge in [-0.1, -0.05) is 43.3 Å². The van der Waals surface area contributed by atoms with Crippen LogP contribution in [0.1, 0.15) is 25.3 Å². The zero-order valence-electron chi connectivity index (χ0n) is 12.5. The van der Waals surface area contributed by atoms with Crippen LogP contribution in [0.25, 0.3) is 0 Å². The highest BCUT2D eigenvalue weighted by molar-refractivity contribution is 5.62. The molecule has 0 aliphatic heterocycles. The van der Waals surface area contributed by atoms with Gasteiger partial charge in [-0.2, -0.15) is 0 Å². The SMILES string of the molecule is CCCOc1cccc(OCCCc2ccccc2)c1N. The molecule has 0 fully saturated rings. The van der Waals surface area contributed by atoms with Crippen molar-refractivity contribution in [2.75, 3.05) is 18.9 Å². The van der Waals surface area contributed by atoms with Gasteiger partial charge in [0.15, 0.2) is 0 Å². The Labute approximate surface area is 126 Å². The van der Waals surface area contributed by atoms with Crippen LogP contribution < -0.4 is 15.2 Å². The highest BCUT2D eigenvalue weighted by Gasteiger charge is 2.06. The molecule has 0 saturated carbocycles. The molecule has 2 aromatic carbocycles. The molecule has 0 aliphatic carbocycles. The van der Waals surface area contributed by atoms with Gasteiger partial charge in [0.1, 0.15) is 17.2 Å². The molecule has 0 heterocycles. The summed E-state index contributed by atoms with van der Waals surface area (Å²) in [6, 6.07) is 16.1. The van der Waals surface area contributed by atoms with Crippen molar-refractivity contribution in [1.29, 1.82) is 0 Å². The summed E-state index contributed by atoms with van der Waals surface area (Å²) < 4.78 is 11.4. The third kappa shape index (κ3) is 4.71. The highest BCUT2D eigenvalue weighted by atomic mass is 16.5. The predicted molar refractivity (Wildman–Crippen MR) is 86.9 cm³/mol. The van der Waals surface area contributed by atoms with Gasteiger partial charge in [-0.25, -0.2) is 0 Å². The van der Waals surface area contributed by atoms with Crippen LogP contribution in [0.3, 0.4) is 0 Å². The van der Waals surface area contributed by atoms with E-state index in [2.05, 4.69) is 31.2 Å². The summed E-state index contributed by atoms with van der Waals surface area (Å²) in [5.41, 5.74) is 7.98. The first kappa shape index (κ1) is 15.2. The fourth-order valence-electron chi connectivity index (χ4n) is 2.09. The minimum absolute atomic E-state index is 0.589. The van der Waals surface area contributed by atoms with E-state index in [9.17, 15) is 0 Å². The molecular formula is C18H23NO2. The van der Waals surface area contributed by atoms with Gasteiger partial charge in [-0.15, -0.1) is 0 Å². The van der Waals surface area contributed by atoms with E-state index in [-0.39, 0.29) is 0 Å². The number of hydrogen-bond acceptors (Lipinski definition) is 3. The number of anilines is 1. The lowest BCUT2D eigenvalue weighted by Gasteiger charge is -2.13. The first-order valence-corrected chi connectivity index (χ1v) is 7.49. The van der Waals surface area contributed by atoms with Crippen molar-refractivity contribution in [3.05, 3.63) is 54.1 Å². The maximum Gasteiger partial charge on any atom is 0.146 e. The van der Waals surface area contributed by atoms with Gasteiger partial charge < -0.3 is 15.2 Å². The molecule has 2 aromatic rings. The third-order valence-electron chi connectivity index (χ3n) is 3.20. The molecule has 2 N–H and O–H groups in total. The molecule has 3 heteroatoms. The first-order chi connectivity index (χ1) is 10.3. The highest BCUT2D eigenvalue weighted by Crippen LogP contribution is 2.31. The monoisotopic (exact) mass is 285 g/mol. The molecule has 2 rings (SSSR count). The topological polar surface area (TPSA) is 44.5 Å². The summed E-state index contributed by atoms with van der Waals surface area (Å²) in [5.74, 6) is 1.41. The average Bonchev–Trinajstić information content (AvgIpc) is 2.53. The zero-order chi connectivity index (χ0) is 14.9. The second-order valence-electron chi connectivity index (χ2n) is 4.95. The van der Waals surface area contributed by atoms with E-state index < -0.39 is 0 Å². The molecule has 0 unspecified atom stereocenters. The molecule has 0 aromatic heterocycles. The van der Waals surface area contributed by atoms with Crippen LogP contribution in [-0.2, 0) is 6.42 Å². The fraction of sp³-hybridized carbons (Fsp3) is 0.333. The summed E-state index contributed by atoms with van der Waals surface area (Å²) in [6.45, 7) is 3.39. The zero-order valence-corrected chi connectivity index (χ0v) is 12.5.